The number of thiophene rings is 1. The second-order valence-electron chi connectivity index (χ2n) is 6.26. The maximum Gasteiger partial charge on any atom is 0.253 e. The highest BCUT2D eigenvalue weighted by molar-refractivity contribution is 7.91. The molecule has 1 unspecified atom stereocenters. The fourth-order valence-corrected chi connectivity index (χ4v) is 6.06. The van der Waals surface area contributed by atoms with Crippen LogP contribution in [0.3, 0.4) is 0 Å². The maximum absolute atomic E-state index is 13.1. The zero-order chi connectivity index (χ0) is 18.5. The molecule has 1 aliphatic heterocycles. The number of amides is 2. The second-order valence-corrected chi connectivity index (χ2v) is 9.28. The van der Waals surface area contributed by atoms with Crippen molar-refractivity contribution < 1.29 is 22.4 Å². The standard InChI is InChI=1S/C17H15FN2O4S2/c18-11-3-5-12(6-4-11)19-15(21)10-14(17(19)22)20(13-7-8-13)26(23,24)16-2-1-9-25-16/h1-6,9,13-14H,7-8,10H2. The lowest BCUT2D eigenvalue weighted by atomic mass is 10.2. The Kier molecular flexibility index (Phi) is 4.17. The van der Waals surface area contributed by atoms with Gasteiger partial charge in [0.2, 0.25) is 5.91 Å². The number of halogens is 1. The van der Waals surface area contributed by atoms with E-state index in [9.17, 15) is 22.4 Å². The molecule has 0 bridgehead atoms. The number of benzene rings is 1. The highest BCUT2D eigenvalue weighted by atomic mass is 32.2. The minimum atomic E-state index is -3.85. The lowest BCUT2D eigenvalue weighted by molar-refractivity contribution is -0.122. The monoisotopic (exact) mass is 394 g/mol. The molecule has 1 atom stereocenters. The Bertz CT molecular complexity index is 953. The Hall–Kier alpha value is -2.10. The van der Waals surface area contributed by atoms with Crippen molar-refractivity contribution in [1.29, 1.82) is 0 Å². The minimum Gasteiger partial charge on any atom is -0.274 e. The van der Waals surface area contributed by atoms with Crippen LogP contribution in [0.4, 0.5) is 10.1 Å². The first kappa shape index (κ1) is 17.3. The summed E-state index contributed by atoms with van der Waals surface area (Å²) in [6.45, 7) is 0. The molecule has 2 fully saturated rings. The van der Waals surface area contributed by atoms with Crippen molar-refractivity contribution in [1.82, 2.24) is 4.31 Å². The van der Waals surface area contributed by atoms with Gasteiger partial charge in [-0.2, -0.15) is 4.31 Å². The van der Waals surface area contributed by atoms with Crippen molar-refractivity contribution in [3.05, 3.63) is 47.6 Å². The number of imide groups is 1. The Morgan fingerprint density at radius 2 is 1.81 bits per heavy atom. The van der Waals surface area contributed by atoms with E-state index in [2.05, 4.69) is 0 Å². The lowest BCUT2D eigenvalue weighted by Gasteiger charge is -2.26. The van der Waals surface area contributed by atoms with Crippen LogP contribution in [0, 0.1) is 5.82 Å². The molecule has 1 aliphatic carbocycles. The molecule has 0 spiro atoms. The Labute approximate surface area is 153 Å². The van der Waals surface area contributed by atoms with Crippen molar-refractivity contribution in [2.24, 2.45) is 0 Å². The molecule has 2 aromatic rings. The molecule has 1 aromatic heterocycles. The molecule has 1 saturated carbocycles. The van der Waals surface area contributed by atoms with Gasteiger partial charge in [0.1, 0.15) is 16.1 Å². The molecule has 136 valence electrons. The molecular weight excluding hydrogens is 379 g/mol. The van der Waals surface area contributed by atoms with Crippen molar-refractivity contribution >= 4 is 38.9 Å². The van der Waals surface area contributed by atoms with Gasteiger partial charge in [-0.1, -0.05) is 6.07 Å². The van der Waals surface area contributed by atoms with Gasteiger partial charge in [-0.3, -0.25) is 9.59 Å². The zero-order valence-electron chi connectivity index (χ0n) is 13.5. The van der Waals surface area contributed by atoms with Gasteiger partial charge in [0.05, 0.1) is 12.1 Å². The molecule has 1 saturated heterocycles. The molecule has 0 radical (unpaired) electrons. The summed E-state index contributed by atoms with van der Waals surface area (Å²) >= 11 is 1.08. The first-order valence-electron chi connectivity index (χ1n) is 8.09. The van der Waals surface area contributed by atoms with Crippen LogP contribution < -0.4 is 4.90 Å². The van der Waals surface area contributed by atoms with E-state index in [4.69, 9.17) is 0 Å². The van der Waals surface area contributed by atoms with Gasteiger partial charge in [0.25, 0.3) is 15.9 Å². The molecule has 1 aromatic carbocycles. The third kappa shape index (κ3) is 2.85. The van der Waals surface area contributed by atoms with Gasteiger partial charge in [0, 0.05) is 6.04 Å². The predicted molar refractivity (Wildman–Crippen MR) is 93.7 cm³/mol. The first-order valence-corrected chi connectivity index (χ1v) is 10.4. The highest BCUT2D eigenvalue weighted by Crippen LogP contribution is 2.38. The Balaban J connectivity index is 1.69. The number of nitrogens with zero attached hydrogens (tertiary/aromatic N) is 2. The summed E-state index contributed by atoms with van der Waals surface area (Å²) in [7, 11) is -3.85. The van der Waals surface area contributed by atoms with Crippen LogP contribution >= 0.6 is 11.3 Å². The normalized spacial score (nSPS) is 21.0. The third-order valence-corrected chi connectivity index (χ3v) is 7.78. The fraction of sp³-hybridized carbons (Fsp3) is 0.294. The largest absolute Gasteiger partial charge is 0.274 e. The van der Waals surface area contributed by atoms with Crippen molar-refractivity contribution in [3.8, 4) is 0 Å². The molecule has 2 heterocycles. The van der Waals surface area contributed by atoms with E-state index in [0.29, 0.717) is 12.8 Å². The topological polar surface area (TPSA) is 74.8 Å². The van der Waals surface area contributed by atoms with Gasteiger partial charge in [-0.25, -0.2) is 17.7 Å². The van der Waals surface area contributed by atoms with E-state index in [1.807, 2.05) is 0 Å². The first-order chi connectivity index (χ1) is 12.4. The lowest BCUT2D eigenvalue weighted by Crippen LogP contribution is -2.46. The summed E-state index contributed by atoms with van der Waals surface area (Å²) in [5.41, 5.74) is 0.244. The smallest absolute Gasteiger partial charge is 0.253 e. The van der Waals surface area contributed by atoms with Crippen LogP contribution in [-0.4, -0.2) is 36.6 Å². The number of rotatable bonds is 5. The molecule has 0 N–H and O–H groups in total. The minimum absolute atomic E-state index is 0.157. The van der Waals surface area contributed by atoms with E-state index in [1.165, 1.54) is 22.5 Å². The van der Waals surface area contributed by atoms with E-state index >= 15 is 0 Å². The summed E-state index contributed by atoms with van der Waals surface area (Å²) in [6.07, 6.45) is 1.12. The quantitative estimate of drug-likeness (QED) is 0.730. The second kappa shape index (κ2) is 6.26. The van der Waals surface area contributed by atoms with Gasteiger partial charge < -0.3 is 0 Å². The van der Waals surface area contributed by atoms with Gasteiger partial charge in [-0.05, 0) is 48.6 Å². The molecular formula is C17H15FN2O4S2. The molecule has 2 aliphatic rings. The summed E-state index contributed by atoms with van der Waals surface area (Å²) in [5, 5.41) is 1.66. The summed E-state index contributed by atoms with van der Waals surface area (Å²) in [6, 6.07) is 6.79. The van der Waals surface area contributed by atoms with Gasteiger partial charge in [0.15, 0.2) is 0 Å². The number of anilines is 1. The SMILES string of the molecule is O=C1CC(N(C2CC2)S(=O)(=O)c2cccs2)C(=O)N1c1ccc(F)cc1. The van der Waals surface area contributed by atoms with Crippen LogP contribution in [0.5, 0.6) is 0 Å². The number of carbonyl (C=O) groups excluding carboxylic acids is 2. The van der Waals surface area contributed by atoms with Crippen molar-refractivity contribution in [2.75, 3.05) is 4.90 Å². The fourth-order valence-electron chi connectivity index (χ4n) is 3.14. The summed E-state index contributed by atoms with van der Waals surface area (Å²) in [4.78, 5) is 26.3. The number of hydrogen-bond acceptors (Lipinski definition) is 5. The van der Waals surface area contributed by atoms with E-state index in [1.54, 1.807) is 11.4 Å². The molecule has 6 nitrogen and oxygen atoms in total. The average Bonchev–Trinajstić information content (AvgIpc) is 3.16. The molecule has 26 heavy (non-hydrogen) atoms. The maximum atomic E-state index is 13.1. The number of sulfonamides is 1. The average molecular weight is 394 g/mol. The van der Waals surface area contributed by atoms with Crippen LogP contribution in [0.25, 0.3) is 0 Å². The van der Waals surface area contributed by atoms with Gasteiger partial charge >= 0.3 is 0 Å². The predicted octanol–water partition coefficient (Wildman–Crippen LogP) is 2.37. The van der Waals surface area contributed by atoms with Crippen molar-refractivity contribution in [3.63, 3.8) is 0 Å². The zero-order valence-corrected chi connectivity index (χ0v) is 15.2. The number of hydrogen-bond donors (Lipinski definition) is 0. The van der Waals surface area contributed by atoms with E-state index < -0.39 is 33.7 Å². The number of carbonyl (C=O) groups is 2. The molecule has 2 amide bonds. The van der Waals surface area contributed by atoms with E-state index in [-0.39, 0.29) is 22.4 Å². The van der Waals surface area contributed by atoms with Crippen LogP contribution in [0.1, 0.15) is 19.3 Å². The van der Waals surface area contributed by atoms with Crippen LogP contribution in [-0.2, 0) is 19.6 Å². The van der Waals surface area contributed by atoms with Crippen LogP contribution in [0.15, 0.2) is 46.0 Å². The Morgan fingerprint density at radius 1 is 1.12 bits per heavy atom. The molecule has 9 heteroatoms. The molecule has 4 rings (SSSR count). The summed E-state index contributed by atoms with van der Waals surface area (Å²) < 4.78 is 40.5. The third-order valence-electron chi connectivity index (χ3n) is 4.45. The highest BCUT2D eigenvalue weighted by Gasteiger charge is 2.52. The van der Waals surface area contributed by atoms with Crippen LogP contribution in [0.2, 0.25) is 0 Å². The van der Waals surface area contributed by atoms with Crippen molar-refractivity contribution in [2.45, 2.75) is 35.6 Å². The summed E-state index contributed by atoms with van der Waals surface area (Å²) in [5.74, 6) is -1.56. The van der Waals surface area contributed by atoms with E-state index in [0.717, 1.165) is 28.4 Å². The Morgan fingerprint density at radius 3 is 2.38 bits per heavy atom. The van der Waals surface area contributed by atoms with Gasteiger partial charge in [-0.15, -0.1) is 11.3 Å².